The van der Waals surface area contributed by atoms with Crippen LogP contribution in [0.5, 0.6) is 0 Å². The average Bonchev–Trinajstić information content (AvgIpc) is 1.98. The fourth-order valence-corrected chi connectivity index (χ4v) is 1.01. The van der Waals surface area contributed by atoms with Gasteiger partial charge in [0.2, 0.25) is 0 Å². The first-order valence-corrected chi connectivity index (χ1v) is 4.92. The Hall–Kier alpha value is -0.610. The van der Waals surface area contributed by atoms with Crippen molar-refractivity contribution >= 4 is 5.97 Å². The molecule has 0 aromatic carbocycles. The summed E-state index contributed by atoms with van der Waals surface area (Å²) >= 11 is 0. The summed E-state index contributed by atoms with van der Waals surface area (Å²) in [6, 6.07) is 0. The van der Waals surface area contributed by atoms with E-state index in [4.69, 9.17) is 5.11 Å². The van der Waals surface area contributed by atoms with Gasteiger partial charge in [0.1, 0.15) is 0 Å². The number of carboxylic acids is 1. The van der Waals surface area contributed by atoms with Crippen LogP contribution in [0.4, 0.5) is 0 Å². The van der Waals surface area contributed by atoms with Crippen molar-refractivity contribution < 1.29 is 15.0 Å². The largest absolute Gasteiger partial charge is 0.481 e. The Balaban J connectivity index is 3.45. The monoisotopic (exact) mass is 203 g/mol. The molecule has 84 valence electrons. The Bertz CT molecular complexity index is 175. The third kappa shape index (κ3) is 9.48. The fourth-order valence-electron chi connectivity index (χ4n) is 1.01. The standard InChI is InChI=1S/C10H21NO3/c1-10(2,3)7-11-6-8(12)4-5-9(13)14/h8,11-12H,4-7H2,1-3H3,(H,13,14). The van der Waals surface area contributed by atoms with Crippen LogP contribution in [0, 0.1) is 5.41 Å². The SMILES string of the molecule is CC(C)(C)CNCC(O)CCC(=O)O. The minimum atomic E-state index is -0.861. The normalized spacial score (nSPS) is 14.0. The summed E-state index contributed by atoms with van der Waals surface area (Å²) in [5, 5.41) is 20.9. The molecule has 0 saturated carbocycles. The van der Waals surface area contributed by atoms with Gasteiger partial charge in [-0.2, -0.15) is 0 Å². The molecule has 0 saturated heterocycles. The maximum Gasteiger partial charge on any atom is 0.303 e. The molecule has 0 bridgehead atoms. The lowest BCUT2D eigenvalue weighted by atomic mass is 9.97. The molecule has 0 rings (SSSR count). The maximum absolute atomic E-state index is 10.2. The molecule has 0 aliphatic rings. The highest BCUT2D eigenvalue weighted by Gasteiger charge is 2.11. The van der Waals surface area contributed by atoms with Crippen molar-refractivity contribution in [3.63, 3.8) is 0 Å². The number of carboxylic acid groups (broad SMARTS) is 1. The zero-order valence-corrected chi connectivity index (χ0v) is 9.21. The van der Waals surface area contributed by atoms with E-state index >= 15 is 0 Å². The Labute approximate surface area is 85.3 Å². The summed E-state index contributed by atoms with van der Waals surface area (Å²) in [6.07, 6.45) is -0.223. The van der Waals surface area contributed by atoms with Crippen LogP contribution in [0.25, 0.3) is 0 Å². The van der Waals surface area contributed by atoms with E-state index < -0.39 is 12.1 Å². The van der Waals surface area contributed by atoms with Gasteiger partial charge in [0.15, 0.2) is 0 Å². The van der Waals surface area contributed by atoms with Crippen molar-refractivity contribution in [3.8, 4) is 0 Å². The van der Waals surface area contributed by atoms with Gasteiger partial charge in [0.25, 0.3) is 0 Å². The zero-order chi connectivity index (χ0) is 11.2. The Kier molecular flexibility index (Phi) is 5.72. The number of aliphatic carboxylic acids is 1. The van der Waals surface area contributed by atoms with E-state index in [1.807, 2.05) is 0 Å². The maximum atomic E-state index is 10.2. The summed E-state index contributed by atoms with van der Waals surface area (Å²) < 4.78 is 0. The quantitative estimate of drug-likeness (QED) is 0.598. The predicted octanol–water partition coefficient (Wildman–Crippen LogP) is 0.848. The van der Waals surface area contributed by atoms with Gasteiger partial charge in [-0.25, -0.2) is 0 Å². The first-order chi connectivity index (χ1) is 6.31. The first-order valence-electron chi connectivity index (χ1n) is 4.92. The topological polar surface area (TPSA) is 69.6 Å². The summed E-state index contributed by atoms with van der Waals surface area (Å²) in [5.41, 5.74) is 0.187. The van der Waals surface area contributed by atoms with Crippen LogP contribution in [0.15, 0.2) is 0 Å². The molecule has 4 heteroatoms. The number of hydrogen-bond donors (Lipinski definition) is 3. The summed E-state index contributed by atoms with van der Waals surface area (Å²) in [5.74, 6) is -0.861. The minimum Gasteiger partial charge on any atom is -0.481 e. The van der Waals surface area contributed by atoms with Gasteiger partial charge in [-0.05, 0) is 11.8 Å². The van der Waals surface area contributed by atoms with Gasteiger partial charge in [0.05, 0.1) is 6.10 Å². The molecule has 0 aromatic rings. The van der Waals surface area contributed by atoms with Gasteiger partial charge < -0.3 is 15.5 Å². The molecule has 3 N–H and O–H groups in total. The van der Waals surface area contributed by atoms with E-state index in [0.29, 0.717) is 13.0 Å². The van der Waals surface area contributed by atoms with Crippen molar-refractivity contribution in [2.75, 3.05) is 13.1 Å². The Morgan fingerprint density at radius 1 is 1.43 bits per heavy atom. The molecule has 0 fully saturated rings. The molecule has 0 radical (unpaired) electrons. The van der Waals surface area contributed by atoms with E-state index in [-0.39, 0.29) is 11.8 Å². The molecule has 0 aliphatic heterocycles. The van der Waals surface area contributed by atoms with E-state index in [2.05, 4.69) is 26.1 Å². The number of nitrogens with one attached hydrogen (secondary N) is 1. The lowest BCUT2D eigenvalue weighted by Gasteiger charge is -2.20. The zero-order valence-electron chi connectivity index (χ0n) is 9.21. The van der Waals surface area contributed by atoms with E-state index in [9.17, 15) is 9.90 Å². The third-order valence-corrected chi connectivity index (χ3v) is 1.73. The van der Waals surface area contributed by atoms with Crippen LogP contribution >= 0.6 is 0 Å². The van der Waals surface area contributed by atoms with Crippen LogP contribution in [0.3, 0.4) is 0 Å². The van der Waals surface area contributed by atoms with E-state index in [1.165, 1.54) is 0 Å². The Morgan fingerprint density at radius 2 is 2.00 bits per heavy atom. The lowest BCUT2D eigenvalue weighted by molar-refractivity contribution is -0.137. The molecule has 0 aromatic heterocycles. The number of hydrogen-bond acceptors (Lipinski definition) is 3. The average molecular weight is 203 g/mol. The second kappa shape index (κ2) is 5.98. The predicted molar refractivity (Wildman–Crippen MR) is 55.2 cm³/mol. The third-order valence-electron chi connectivity index (χ3n) is 1.73. The molecular weight excluding hydrogens is 182 g/mol. The fraction of sp³-hybridized carbons (Fsp3) is 0.900. The van der Waals surface area contributed by atoms with Crippen LogP contribution in [0.2, 0.25) is 0 Å². The first kappa shape index (κ1) is 13.4. The van der Waals surface area contributed by atoms with Crippen molar-refractivity contribution in [1.29, 1.82) is 0 Å². The molecule has 1 unspecified atom stereocenters. The second-order valence-corrected chi connectivity index (χ2v) is 4.78. The highest BCUT2D eigenvalue weighted by molar-refractivity contribution is 5.66. The van der Waals surface area contributed by atoms with Gasteiger partial charge in [0, 0.05) is 19.5 Å². The summed E-state index contributed by atoms with van der Waals surface area (Å²) in [6.45, 7) is 7.58. The van der Waals surface area contributed by atoms with E-state index in [0.717, 1.165) is 6.54 Å². The summed E-state index contributed by atoms with van der Waals surface area (Å²) in [4.78, 5) is 10.2. The van der Waals surface area contributed by atoms with Crippen molar-refractivity contribution in [1.82, 2.24) is 5.32 Å². The van der Waals surface area contributed by atoms with Crippen LogP contribution in [-0.4, -0.2) is 35.4 Å². The van der Waals surface area contributed by atoms with Crippen molar-refractivity contribution in [2.24, 2.45) is 5.41 Å². The van der Waals surface area contributed by atoms with Gasteiger partial charge >= 0.3 is 5.97 Å². The van der Waals surface area contributed by atoms with Gasteiger partial charge in [-0.1, -0.05) is 20.8 Å². The highest BCUT2D eigenvalue weighted by atomic mass is 16.4. The van der Waals surface area contributed by atoms with Crippen LogP contribution < -0.4 is 5.32 Å². The number of carbonyl (C=O) groups is 1. The minimum absolute atomic E-state index is 0.0262. The van der Waals surface area contributed by atoms with E-state index in [1.54, 1.807) is 0 Å². The molecule has 1 atom stereocenters. The number of rotatable bonds is 6. The molecule has 4 nitrogen and oxygen atoms in total. The second-order valence-electron chi connectivity index (χ2n) is 4.78. The van der Waals surface area contributed by atoms with Crippen molar-refractivity contribution in [3.05, 3.63) is 0 Å². The summed E-state index contributed by atoms with van der Waals surface area (Å²) in [7, 11) is 0. The number of aliphatic hydroxyl groups is 1. The number of aliphatic hydroxyl groups excluding tert-OH is 1. The molecule has 0 amide bonds. The van der Waals surface area contributed by atoms with Gasteiger partial charge in [-0.3, -0.25) is 4.79 Å². The smallest absolute Gasteiger partial charge is 0.303 e. The molecule has 14 heavy (non-hydrogen) atoms. The molecule has 0 spiro atoms. The highest BCUT2D eigenvalue weighted by Crippen LogP contribution is 2.10. The molecule has 0 heterocycles. The molecular formula is C10H21NO3. The van der Waals surface area contributed by atoms with Crippen LogP contribution in [0.1, 0.15) is 33.6 Å². The van der Waals surface area contributed by atoms with Crippen LogP contribution in [-0.2, 0) is 4.79 Å². The van der Waals surface area contributed by atoms with Gasteiger partial charge in [-0.15, -0.1) is 0 Å². The lowest BCUT2D eigenvalue weighted by Crippen LogP contribution is -2.33. The Morgan fingerprint density at radius 3 is 2.43 bits per heavy atom. The van der Waals surface area contributed by atoms with Crippen molar-refractivity contribution in [2.45, 2.75) is 39.7 Å². The molecule has 0 aliphatic carbocycles.